The summed E-state index contributed by atoms with van der Waals surface area (Å²) in [6, 6.07) is 7.40. The predicted octanol–water partition coefficient (Wildman–Crippen LogP) is 2.43. The molecule has 0 fully saturated rings. The van der Waals surface area contributed by atoms with Gasteiger partial charge in [-0.3, -0.25) is 0 Å². The van der Waals surface area contributed by atoms with Crippen molar-refractivity contribution in [2.45, 2.75) is 25.5 Å². The van der Waals surface area contributed by atoms with Crippen LogP contribution in [0.3, 0.4) is 0 Å². The number of rotatable bonds is 1. The van der Waals surface area contributed by atoms with Crippen LogP contribution in [0.25, 0.3) is 11.4 Å². The van der Waals surface area contributed by atoms with Crippen LogP contribution in [0.2, 0.25) is 5.02 Å². The van der Waals surface area contributed by atoms with Crippen molar-refractivity contribution in [3.63, 3.8) is 0 Å². The van der Waals surface area contributed by atoms with E-state index in [4.69, 9.17) is 11.6 Å². The Morgan fingerprint density at radius 2 is 2.06 bits per heavy atom. The number of hydrogen-bond donors (Lipinski definition) is 1. The summed E-state index contributed by atoms with van der Waals surface area (Å²) in [6.45, 7) is 0.826. The molecule has 2 heterocycles. The van der Waals surface area contributed by atoms with Crippen LogP contribution in [0, 0.1) is 0 Å². The van der Waals surface area contributed by atoms with Gasteiger partial charge in [-0.2, -0.15) is 5.10 Å². The van der Waals surface area contributed by atoms with Crippen LogP contribution in [0.4, 0.5) is 0 Å². The Balaban J connectivity index is 2.02. The van der Waals surface area contributed by atoms with Crippen LogP contribution in [-0.2, 0) is 6.54 Å². The van der Waals surface area contributed by atoms with Crippen molar-refractivity contribution in [1.82, 2.24) is 14.8 Å². The molecule has 4 nitrogen and oxygen atoms in total. The number of nitrogens with zero attached hydrogens (tertiary/aromatic N) is 3. The summed E-state index contributed by atoms with van der Waals surface area (Å²) in [4.78, 5) is 4.39. The van der Waals surface area contributed by atoms with Crippen LogP contribution in [0.5, 0.6) is 0 Å². The summed E-state index contributed by atoms with van der Waals surface area (Å²) in [7, 11) is 0. The van der Waals surface area contributed by atoms with E-state index in [9.17, 15) is 5.11 Å². The first-order chi connectivity index (χ1) is 8.24. The summed E-state index contributed by atoms with van der Waals surface area (Å²) in [6.07, 6.45) is 1.22. The highest BCUT2D eigenvalue weighted by molar-refractivity contribution is 6.30. The van der Waals surface area contributed by atoms with Gasteiger partial charge in [-0.05, 0) is 37.1 Å². The van der Waals surface area contributed by atoms with E-state index >= 15 is 0 Å². The molecule has 1 aromatic heterocycles. The van der Waals surface area contributed by atoms with Crippen LogP contribution in [-0.4, -0.2) is 19.9 Å². The maximum absolute atomic E-state index is 9.82. The number of aryl methyl sites for hydroxylation is 1. The largest absolute Gasteiger partial charge is 0.385 e. The Bertz CT molecular complexity index is 535. The van der Waals surface area contributed by atoms with Gasteiger partial charge in [0.2, 0.25) is 0 Å². The highest BCUT2D eigenvalue weighted by Gasteiger charge is 2.22. The number of hydrogen-bond acceptors (Lipinski definition) is 3. The molecule has 0 radical (unpaired) electrons. The van der Waals surface area contributed by atoms with Crippen molar-refractivity contribution in [2.24, 2.45) is 0 Å². The molecule has 0 spiro atoms. The van der Waals surface area contributed by atoms with E-state index < -0.39 is 6.10 Å². The molecular weight excluding hydrogens is 238 g/mol. The van der Waals surface area contributed by atoms with Gasteiger partial charge in [0.25, 0.3) is 0 Å². The van der Waals surface area contributed by atoms with Crippen LogP contribution in [0.1, 0.15) is 24.8 Å². The fourth-order valence-electron chi connectivity index (χ4n) is 2.05. The molecule has 1 aliphatic heterocycles. The molecule has 17 heavy (non-hydrogen) atoms. The first kappa shape index (κ1) is 10.7. The fourth-order valence-corrected chi connectivity index (χ4v) is 2.18. The first-order valence-corrected chi connectivity index (χ1v) is 6.00. The van der Waals surface area contributed by atoms with Gasteiger partial charge in [-0.1, -0.05) is 11.6 Å². The molecule has 2 aromatic rings. The number of halogens is 1. The third kappa shape index (κ3) is 1.94. The van der Waals surface area contributed by atoms with Crippen LogP contribution < -0.4 is 0 Å². The Hall–Kier alpha value is -1.39. The maximum Gasteiger partial charge on any atom is 0.181 e. The average Bonchev–Trinajstić information content (AvgIpc) is 2.75. The van der Waals surface area contributed by atoms with Gasteiger partial charge in [-0.15, -0.1) is 0 Å². The Morgan fingerprint density at radius 1 is 1.29 bits per heavy atom. The normalized spacial score (nSPS) is 19.1. The third-order valence-corrected chi connectivity index (χ3v) is 3.20. The molecule has 1 aromatic carbocycles. The number of aliphatic hydroxyl groups excluding tert-OH is 1. The molecule has 3 rings (SSSR count). The lowest BCUT2D eigenvalue weighted by Crippen LogP contribution is -2.16. The lowest BCUT2D eigenvalue weighted by molar-refractivity contribution is 0.130. The molecule has 1 N–H and O–H groups in total. The van der Waals surface area contributed by atoms with E-state index in [2.05, 4.69) is 10.1 Å². The van der Waals surface area contributed by atoms with Gasteiger partial charge in [0, 0.05) is 17.1 Å². The summed E-state index contributed by atoms with van der Waals surface area (Å²) in [5.74, 6) is 1.32. The Morgan fingerprint density at radius 3 is 2.76 bits per heavy atom. The van der Waals surface area contributed by atoms with Gasteiger partial charge < -0.3 is 5.11 Å². The van der Waals surface area contributed by atoms with Crippen LogP contribution >= 0.6 is 11.6 Å². The summed E-state index contributed by atoms with van der Waals surface area (Å²) in [5, 5.41) is 14.9. The van der Waals surface area contributed by atoms with E-state index in [1.807, 2.05) is 24.3 Å². The van der Waals surface area contributed by atoms with E-state index in [-0.39, 0.29) is 0 Å². The highest BCUT2D eigenvalue weighted by Crippen LogP contribution is 2.26. The second-order valence-electron chi connectivity index (χ2n) is 4.18. The van der Waals surface area contributed by atoms with E-state index in [1.165, 1.54) is 0 Å². The molecule has 88 valence electrons. The molecule has 5 heteroatoms. The minimum atomic E-state index is -0.489. The minimum Gasteiger partial charge on any atom is -0.385 e. The van der Waals surface area contributed by atoms with E-state index in [0.29, 0.717) is 16.7 Å². The van der Waals surface area contributed by atoms with E-state index in [0.717, 1.165) is 24.9 Å². The molecule has 1 unspecified atom stereocenters. The molecule has 0 saturated carbocycles. The zero-order chi connectivity index (χ0) is 11.8. The predicted molar refractivity (Wildman–Crippen MR) is 64.7 cm³/mol. The molecule has 1 aliphatic rings. The zero-order valence-electron chi connectivity index (χ0n) is 9.17. The molecule has 1 atom stereocenters. The molecule has 0 aliphatic carbocycles. The van der Waals surface area contributed by atoms with Gasteiger partial charge in [0.1, 0.15) is 6.10 Å². The van der Waals surface area contributed by atoms with Crippen molar-refractivity contribution < 1.29 is 5.11 Å². The number of benzene rings is 1. The maximum atomic E-state index is 9.82. The number of aliphatic hydroxyl groups is 1. The molecule has 0 amide bonds. The van der Waals surface area contributed by atoms with Gasteiger partial charge in [-0.25, -0.2) is 9.67 Å². The smallest absolute Gasteiger partial charge is 0.181 e. The lowest BCUT2D eigenvalue weighted by Gasteiger charge is -2.16. The Kier molecular flexibility index (Phi) is 2.61. The quantitative estimate of drug-likeness (QED) is 0.845. The van der Waals surface area contributed by atoms with Gasteiger partial charge >= 0.3 is 0 Å². The molecule has 0 saturated heterocycles. The van der Waals surface area contributed by atoms with Crippen molar-refractivity contribution in [1.29, 1.82) is 0 Å². The van der Waals surface area contributed by atoms with E-state index in [1.54, 1.807) is 4.68 Å². The number of aromatic nitrogens is 3. The van der Waals surface area contributed by atoms with Crippen molar-refractivity contribution in [2.75, 3.05) is 0 Å². The van der Waals surface area contributed by atoms with Crippen molar-refractivity contribution in [3.05, 3.63) is 35.1 Å². The summed E-state index contributed by atoms with van der Waals surface area (Å²) >= 11 is 5.84. The lowest BCUT2D eigenvalue weighted by atomic mass is 10.1. The third-order valence-electron chi connectivity index (χ3n) is 2.95. The summed E-state index contributed by atoms with van der Waals surface area (Å²) < 4.78 is 1.79. The fraction of sp³-hybridized carbons (Fsp3) is 0.333. The average molecular weight is 250 g/mol. The second kappa shape index (κ2) is 4.13. The first-order valence-electron chi connectivity index (χ1n) is 5.63. The Labute approximate surface area is 104 Å². The van der Waals surface area contributed by atoms with Crippen molar-refractivity contribution in [3.8, 4) is 11.4 Å². The second-order valence-corrected chi connectivity index (χ2v) is 4.62. The highest BCUT2D eigenvalue weighted by atomic mass is 35.5. The van der Waals surface area contributed by atoms with Gasteiger partial charge in [0.15, 0.2) is 11.6 Å². The molecular formula is C12H12ClN3O. The van der Waals surface area contributed by atoms with Gasteiger partial charge in [0.05, 0.1) is 0 Å². The number of fused-ring (bicyclic) bond motifs is 1. The standard InChI is InChI=1S/C12H12ClN3O/c13-9-5-3-8(4-6-9)11-14-12-10(17)2-1-7-16(12)15-11/h3-6,10,17H,1-2,7H2. The zero-order valence-corrected chi connectivity index (χ0v) is 9.93. The monoisotopic (exact) mass is 249 g/mol. The molecule has 0 bridgehead atoms. The SMILES string of the molecule is OC1CCCn2nc(-c3ccc(Cl)cc3)nc21. The van der Waals surface area contributed by atoms with Crippen LogP contribution in [0.15, 0.2) is 24.3 Å². The topological polar surface area (TPSA) is 50.9 Å². The summed E-state index contributed by atoms with van der Waals surface area (Å²) in [5.41, 5.74) is 0.920. The minimum absolute atomic E-state index is 0.489. The van der Waals surface area contributed by atoms with Crippen molar-refractivity contribution >= 4 is 11.6 Å².